The summed E-state index contributed by atoms with van der Waals surface area (Å²) in [5, 5.41) is 6.07. The molecule has 2 amide bonds. The summed E-state index contributed by atoms with van der Waals surface area (Å²) in [6.07, 6.45) is 14.3. The Morgan fingerprint density at radius 2 is 1.54 bits per heavy atom. The average Bonchev–Trinajstić information content (AvgIpc) is 2.69. The lowest BCUT2D eigenvalue weighted by Crippen LogP contribution is -2.51. The summed E-state index contributed by atoms with van der Waals surface area (Å²) in [6, 6.07) is 3.66. The lowest BCUT2D eigenvalue weighted by atomic mass is 9.49. The van der Waals surface area contributed by atoms with Crippen LogP contribution in [0, 0.1) is 29.1 Å². The second kappa shape index (κ2) is 7.16. The summed E-state index contributed by atoms with van der Waals surface area (Å²) in [6.45, 7) is 0. The predicted molar refractivity (Wildman–Crippen MR) is 109 cm³/mol. The highest BCUT2D eigenvalue weighted by atomic mass is 16.2. The van der Waals surface area contributed by atoms with E-state index in [1.165, 1.54) is 25.7 Å². The van der Waals surface area contributed by atoms with Gasteiger partial charge in [-0.15, -0.1) is 0 Å². The highest BCUT2D eigenvalue weighted by Crippen LogP contribution is 2.60. The molecule has 1 aromatic rings. The van der Waals surface area contributed by atoms with Crippen molar-refractivity contribution in [1.29, 1.82) is 0 Å². The van der Waals surface area contributed by atoms with Crippen LogP contribution >= 0.6 is 0 Å². The molecule has 1 aromatic heterocycles. The summed E-state index contributed by atoms with van der Waals surface area (Å²) < 4.78 is 0. The standard InChI is InChI=1S/C23H31N3O2/c27-21(18-4-2-1-3-5-18)26-20-7-6-19(14-24-20)25-22(28)23-11-15-8-16(12-23)10-17(9-15)13-23/h6-7,14-18H,1-5,8-13H2,(H,25,28)(H,24,26,27). The monoisotopic (exact) mass is 381 g/mol. The Hall–Kier alpha value is -1.91. The van der Waals surface area contributed by atoms with Crippen molar-refractivity contribution in [1.82, 2.24) is 4.98 Å². The van der Waals surface area contributed by atoms with E-state index in [9.17, 15) is 9.59 Å². The molecule has 5 nitrogen and oxygen atoms in total. The summed E-state index contributed by atoms with van der Waals surface area (Å²) in [4.78, 5) is 29.9. The van der Waals surface area contributed by atoms with Gasteiger partial charge in [-0.25, -0.2) is 4.98 Å². The van der Waals surface area contributed by atoms with E-state index in [4.69, 9.17) is 0 Å². The number of nitrogens with one attached hydrogen (secondary N) is 2. The van der Waals surface area contributed by atoms with Gasteiger partial charge in [0.05, 0.1) is 17.3 Å². The van der Waals surface area contributed by atoms with Crippen LogP contribution in [-0.2, 0) is 9.59 Å². The lowest BCUT2D eigenvalue weighted by molar-refractivity contribution is -0.140. The van der Waals surface area contributed by atoms with E-state index in [1.54, 1.807) is 12.3 Å². The minimum absolute atomic E-state index is 0.0811. The molecule has 1 heterocycles. The molecule has 150 valence electrons. The molecule has 5 saturated carbocycles. The smallest absolute Gasteiger partial charge is 0.230 e. The first-order valence-electron chi connectivity index (χ1n) is 11.2. The van der Waals surface area contributed by atoms with Crippen LogP contribution in [-0.4, -0.2) is 16.8 Å². The van der Waals surface area contributed by atoms with Crippen LogP contribution < -0.4 is 10.6 Å². The fourth-order valence-corrected chi connectivity index (χ4v) is 6.79. The Morgan fingerprint density at radius 1 is 0.893 bits per heavy atom. The van der Waals surface area contributed by atoms with Crippen LogP contribution in [0.15, 0.2) is 18.3 Å². The van der Waals surface area contributed by atoms with Gasteiger partial charge in [-0.3, -0.25) is 9.59 Å². The summed E-state index contributed by atoms with van der Waals surface area (Å²) in [5.74, 6) is 3.23. The number of aromatic nitrogens is 1. The van der Waals surface area contributed by atoms with Gasteiger partial charge < -0.3 is 10.6 Å². The number of nitrogens with zero attached hydrogens (tertiary/aromatic N) is 1. The van der Waals surface area contributed by atoms with E-state index < -0.39 is 0 Å². The van der Waals surface area contributed by atoms with E-state index >= 15 is 0 Å². The zero-order valence-electron chi connectivity index (χ0n) is 16.6. The van der Waals surface area contributed by atoms with Crippen LogP contribution in [0.3, 0.4) is 0 Å². The van der Waals surface area contributed by atoms with E-state index in [1.807, 2.05) is 6.07 Å². The number of rotatable bonds is 4. The first-order chi connectivity index (χ1) is 13.6. The van der Waals surface area contributed by atoms with Crippen molar-refractivity contribution in [2.45, 2.75) is 70.6 Å². The maximum Gasteiger partial charge on any atom is 0.230 e. The number of carbonyl (C=O) groups excluding carboxylic acids is 2. The van der Waals surface area contributed by atoms with Crippen molar-refractivity contribution in [3.8, 4) is 0 Å². The lowest BCUT2D eigenvalue weighted by Gasteiger charge is -2.55. The number of hydrogen-bond acceptors (Lipinski definition) is 3. The molecule has 0 aliphatic heterocycles. The average molecular weight is 382 g/mol. The molecule has 2 N–H and O–H groups in total. The number of pyridine rings is 1. The third-order valence-electron chi connectivity index (χ3n) is 7.77. The Morgan fingerprint density at radius 3 is 2.11 bits per heavy atom. The highest BCUT2D eigenvalue weighted by molar-refractivity contribution is 5.96. The first-order valence-corrected chi connectivity index (χ1v) is 11.2. The molecular weight excluding hydrogens is 350 g/mol. The number of anilines is 2. The van der Waals surface area contributed by atoms with Crippen molar-refractivity contribution in [3.05, 3.63) is 18.3 Å². The van der Waals surface area contributed by atoms with Gasteiger partial charge in [-0.2, -0.15) is 0 Å². The quantitative estimate of drug-likeness (QED) is 0.790. The SMILES string of the molecule is O=C(Nc1ccc(NC(=O)C23CC4CC(CC(C4)C2)C3)cn1)C1CCCCC1. The van der Waals surface area contributed by atoms with E-state index in [-0.39, 0.29) is 23.1 Å². The largest absolute Gasteiger partial charge is 0.324 e. The molecule has 0 radical (unpaired) electrons. The normalized spacial score (nSPS) is 34.2. The van der Waals surface area contributed by atoms with E-state index in [0.29, 0.717) is 5.82 Å². The zero-order valence-corrected chi connectivity index (χ0v) is 16.6. The fraction of sp³-hybridized carbons (Fsp3) is 0.696. The fourth-order valence-electron chi connectivity index (χ4n) is 6.79. The molecule has 4 bridgehead atoms. The summed E-state index contributed by atoms with van der Waals surface area (Å²) in [7, 11) is 0. The van der Waals surface area contributed by atoms with Crippen molar-refractivity contribution < 1.29 is 9.59 Å². The van der Waals surface area contributed by atoms with Crippen molar-refractivity contribution in [3.63, 3.8) is 0 Å². The van der Waals surface area contributed by atoms with Crippen molar-refractivity contribution in [2.75, 3.05) is 10.6 Å². The Kier molecular flexibility index (Phi) is 4.64. The van der Waals surface area contributed by atoms with E-state index in [2.05, 4.69) is 15.6 Å². The maximum atomic E-state index is 13.1. The van der Waals surface area contributed by atoms with Crippen LogP contribution in [0.4, 0.5) is 11.5 Å². The second-order valence-electron chi connectivity index (χ2n) is 9.91. The third-order valence-corrected chi connectivity index (χ3v) is 7.77. The molecule has 6 rings (SSSR count). The highest BCUT2D eigenvalue weighted by Gasteiger charge is 2.54. The maximum absolute atomic E-state index is 13.1. The molecule has 0 saturated heterocycles. The van der Waals surface area contributed by atoms with Crippen LogP contribution in [0.25, 0.3) is 0 Å². The van der Waals surface area contributed by atoms with Crippen molar-refractivity contribution >= 4 is 23.3 Å². The first kappa shape index (κ1) is 18.1. The van der Waals surface area contributed by atoms with Gasteiger partial charge >= 0.3 is 0 Å². The van der Waals surface area contributed by atoms with Crippen molar-refractivity contribution in [2.24, 2.45) is 29.1 Å². The van der Waals surface area contributed by atoms with Gasteiger partial charge in [0.25, 0.3) is 0 Å². The molecule has 5 aliphatic carbocycles. The zero-order chi connectivity index (χ0) is 19.1. The third kappa shape index (κ3) is 3.44. The van der Waals surface area contributed by atoms with Gasteiger partial charge in [0.15, 0.2) is 0 Å². The van der Waals surface area contributed by atoms with E-state index in [0.717, 1.165) is 68.4 Å². The minimum atomic E-state index is -0.150. The summed E-state index contributed by atoms with van der Waals surface area (Å²) in [5.41, 5.74) is 0.583. The second-order valence-corrected chi connectivity index (χ2v) is 9.91. The van der Waals surface area contributed by atoms with Crippen LogP contribution in [0.2, 0.25) is 0 Å². The molecule has 0 aromatic carbocycles. The molecule has 0 unspecified atom stereocenters. The molecule has 28 heavy (non-hydrogen) atoms. The molecule has 5 heteroatoms. The van der Waals surface area contributed by atoms with Gasteiger partial charge in [0.2, 0.25) is 11.8 Å². The minimum Gasteiger partial charge on any atom is -0.324 e. The Bertz CT molecular complexity index is 716. The Balaban J connectivity index is 1.20. The number of amides is 2. The topological polar surface area (TPSA) is 71.1 Å². The molecular formula is C23H31N3O2. The Labute approximate surface area is 167 Å². The predicted octanol–water partition coefficient (Wildman–Crippen LogP) is 4.76. The van der Waals surface area contributed by atoms with Gasteiger partial charge in [0.1, 0.15) is 5.82 Å². The number of hydrogen-bond donors (Lipinski definition) is 2. The molecule has 5 fully saturated rings. The van der Waals surface area contributed by atoms with Gasteiger partial charge in [-0.05, 0) is 81.3 Å². The van der Waals surface area contributed by atoms with Gasteiger partial charge in [0, 0.05) is 5.92 Å². The molecule has 0 spiro atoms. The molecule has 5 aliphatic rings. The van der Waals surface area contributed by atoms with Crippen LogP contribution in [0.5, 0.6) is 0 Å². The van der Waals surface area contributed by atoms with Gasteiger partial charge in [-0.1, -0.05) is 19.3 Å². The van der Waals surface area contributed by atoms with Crippen LogP contribution in [0.1, 0.15) is 70.6 Å². The summed E-state index contributed by atoms with van der Waals surface area (Å²) >= 11 is 0. The molecule has 0 atom stereocenters. The number of carbonyl (C=O) groups is 2.